The van der Waals surface area contributed by atoms with E-state index in [-0.39, 0.29) is 11.6 Å². The van der Waals surface area contributed by atoms with Crippen molar-refractivity contribution in [2.45, 2.75) is 31.8 Å². The van der Waals surface area contributed by atoms with E-state index in [1.807, 2.05) is 0 Å². The Morgan fingerprint density at radius 2 is 1.90 bits per heavy atom. The summed E-state index contributed by atoms with van der Waals surface area (Å²) in [5, 5.41) is 10.1. The number of alkyl halides is 3. The molecule has 1 aromatic carbocycles. The Bertz CT molecular complexity index is 966. The van der Waals surface area contributed by atoms with Crippen molar-refractivity contribution in [3.8, 4) is 0 Å². The molecule has 0 radical (unpaired) electrons. The second kappa shape index (κ2) is 8.19. The second-order valence-corrected chi connectivity index (χ2v) is 7.22. The molecule has 1 saturated heterocycles. The molecule has 2 heterocycles. The highest BCUT2D eigenvalue weighted by molar-refractivity contribution is 6.30. The summed E-state index contributed by atoms with van der Waals surface area (Å²) in [4.78, 5) is 31.3. The molecule has 160 valence electrons. The lowest BCUT2D eigenvalue weighted by atomic mass is 10.0. The number of amides is 2. The lowest BCUT2D eigenvalue weighted by molar-refractivity contribution is -0.148. The van der Waals surface area contributed by atoms with Gasteiger partial charge in [0.15, 0.2) is 11.6 Å². The SMILES string of the molecule is C[C@@H](O)[C@H]1C(=O)N(c2ncc(Cl)cc2F)CC(=O)N1Cc1ccc(C(F)(F)F)cc1. The van der Waals surface area contributed by atoms with Gasteiger partial charge in [-0.3, -0.25) is 14.5 Å². The van der Waals surface area contributed by atoms with E-state index in [0.29, 0.717) is 5.56 Å². The molecule has 1 aliphatic rings. The number of rotatable bonds is 4. The van der Waals surface area contributed by atoms with Gasteiger partial charge in [0.2, 0.25) is 5.91 Å². The molecule has 2 aromatic rings. The molecule has 1 N–H and O–H groups in total. The number of aromatic nitrogens is 1. The molecule has 0 unspecified atom stereocenters. The largest absolute Gasteiger partial charge is 0.416 e. The van der Waals surface area contributed by atoms with Gasteiger partial charge in [-0.05, 0) is 30.7 Å². The third-order valence-electron chi connectivity index (χ3n) is 4.60. The molecule has 1 fully saturated rings. The number of halogens is 5. The summed E-state index contributed by atoms with van der Waals surface area (Å²) in [6.45, 7) is 0.529. The Morgan fingerprint density at radius 3 is 2.43 bits per heavy atom. The number of pyridine rings is 1. The number of benzene rings is 1. The van der Waals surface area contributed by atoms with Crippen LogP contribution in [0, 0.1) is 5.82 Å². The average molecular weight is 446 g/mol. The van der Waals surface area contributed by atoms with Gasteiger partial charge in [0.05, 0.1) is 16.7 Å². The van der Waals surface area contributed by atoms with Crippen LogP contribution in [0.5, 0.6) is 0 Å². The van der Waals surface area contributed by atoms with E-state index >= 15 is 0 Å². The van der Waals surface area contributed by atoms with E-state index in [1.165, 1.54) is 19.1 Å². The maximum absolute atomic E-state index is 14.2. The molecule has 1 aliphatic heterocycles. The molecule has 0 bridgehead atoms. The topological polar surface area (TPSA) is 73.7 Å². The third kappa shape index (κ3) is 4.39. The Kier molecular flexibility index (Phi) is 6.00. The monoisotopic (exact) mass is 445 g/mol. The van der Waals surface area contributed by atoms with Gasteiger partial charge in [0.1, 0.15) is 12.6 Å². The lowest BCUT2D eigenvalue weighted by Crippen LogP contribution is -2.63. The zero-order chi connectivity index (χ0) is 22.2. The van der Waals surface area contributed by atoms with Gasteiger partial charge >= 0.3 is 6.18 Å². The minimum Gasteiger partial charge on any atom is -0.391 e. The molecular weight excluding hydrogens is 430 g/mol. The molecule has 11 heteroatoms. The van der Waals surface area contributed by atoms with Crippen LogP contribution in [0.3, 0.4) is 0 Å². The Labute approximate surface area is 173 Å². The van der Waals surface area contributed by atoms with Crippen LogP contribution in [0.1, 0.15) is 18.1 Å². The second-order valence-electron chi connectivity index (χ2n) is 6.79. The molecular formula is C19H16ClF4N3O3. The summed E-state index contributed by atoms with van der Waals surface area (Å²) >= 11 is 5.66. The predicted molar refractivity (Wildman–Crippen MR) is 99.0 cm³/mol. The molecule has 0 saturated carbocycles. The van der Waals surface area contributed by atoms with Gasteiger partial charge in [-0.1, -0.05) is 23.7 Å². The number of hydrogen-bond acceptors (Lipinski definition) is 4. The van der Waals surface area contributed by atoms with E-state index in [9.17, 15) is 32.3 Å². The summed E-state index contributed by atoms with van der Waals surface area (Å²) in [6, 6.07) is 3.67. The first-order chi connectivity index (χ1) is 14.0. The van der Waals surface area contributed by atoms with Crippen LogP contribution in [0.4, 0.5) is 23.4 Å². The van der Waals surface area contributed by atoms with Gasteiger partial charge in [0.25, 0.3) is 5.91 Å². The number of carbonyl (C=O) groups is 2. The fourth-order valence-corrected chi connectivity index (χ4v) is 3.33. The van der Waals surface area contributed by atoms with Crippen LogP contribution in [0.15, 0.2) is 36.5 Å². The van der Waals surface area contributed by atoms with Gasteiger partial charge in [0, 0.05) is 12.7 Å². The smallest absolute Gasteiger partial charge is 0.391 e. The average Bonchev–Trinajstić information content (AvgIpc) is 2.64. The standard InChI is InChI=1S/C19H16ClF4N3O3/c1-10(28)16-18(30)27(17-14(21)6-13(20)7-25-17)9-15(29)26(16)8-11-2-4-12(5-3-11)19(22,23)24/h2-7,10,16,28H,8-9H2,1H3/t10-,16+/m1/s1. The molecule has 30 heavy (non-hydrogen) atoms. The number of nitrogens with zero attached hydrogens (tertiary/aromatic N) is 3. The Morgan fingerprint density at radius 1 is 1.27 bits per heavy atom. The fraction of sp³-hybridized carbons (Fsp3) is 0.316. The number of aliphatic hydroxyl groups is 1. The predicted octanol–water partition coefficient (Wildman–Crippen LogP) is 3.02. The van der Waals surface area contributed by atoms with Crippen molar-refractivity contribution in [1.29, 1.82) is 0 Å². The summed E-state index contributed by atoms with van der Waals surface area (Å²) in [7, 11) is 0. The first kappa shape index (κ1) is 22.0. The number of hydrogen-bond donors (Lipinski definition) is 1. The highest BCUT2D eigenvalue weighted by Gasteiger charge is 2.43. The van der Waals surface area contributed by atoms with E-state index in [1.54, 1.807) is 0 Å². The van der Waals surface area contributed by atoms with Gasteiger partial charge in [-0.15, -0.1) is 0 Å². The van der Waals surface area contributed by atoms with Crippen molar-refractivity contribution in [3.05, 3.63) is 58.5 Å². The molecule has 0 aliphatic carbocycles. The zero-order valence-electron chi connectivity index (χ0n) is 15.5. The molecule has 2 atom stereocenters. The van der Waals surface area contributed by atoms with Crippen LogP contribution < -0.4 is 4.90 Å². The van der Waals surface area contributed by atoms with Crippen molar-refractivity contribution in [2.24, 2.45) is 0 Å². The normalized spacial score (nSPS) is 18.7. The van der Waals surface area contributed by atoms with Crippen molar-refractivity contribution in [2.75, 3.05) is 11.4 Å². The third-order valence-corrected chi connectivity index (χ3v) is 4.81. The molecule has 0 spiro atoms. The summed E-state index contributed by atoms with van der Waals surface area (Å²) in [5.41, 5.74) is -0.520. The van der Waals surface area contributed by atoms with Gasteiger partial charge < -0.3 is 10.0 Å². The van der Waals surface area contributed by atoms with Crippen molar-refractivity contribution in [3.63, 3.8) is 0 Å². The van der Waals surface area contributed by atoms with Crippen molar-refractivity contribution in [1.82, 2.24) is 9.88 Å². The Balaban J connectivity index is 1.88. The van der Waals surface area contributed by atoms with Crippen LogP contribution in [-0.2, 0) is 22.3 Å². The van der Waals surface area contributed by atoms with Crippen molar-refractivity contribution >= 4 is 29.2 Å². The Hall–Kier alpha value is -2.72. The van der Waals surface area contributed by atoms with Crippen molar-refractivity contribution < 1.29 is 32.3 Å². The van der Waals surface area contributed by atoms with Crippen LogP contribution in [0.2, 0.25) is 5.02 Å². The lowest BCUT2D eigenvalue weighted by Gasteiger charge is -2.41. The summed E-state index contributed by atoms with van der Waals surface area (Å²) < 4.78 is 52.4. The molecule has 2 amide bonds. The minimum absolute atomic E-state index is 0.00282. The van der Waals surface area contributed by atoms with E-state index in [0.717, 1.165) is 34.2 Å². The maximum Gasteiger partial charge on any atom is 0.416 e. The molecule has 6 nitrogen and oxygen atoms in total. The van der Waals surface area contributed by atoms with Gasteiger partial charge in [-0.25, -0.2) is 9.37 Å². The fourth-order valence-electron chi connectivity index (χ4n) is 3.19. The number of piperazine rings is 1. The summed E-state index contributed by atoms with van der Waals surface area (Å²) in [5.74, 6) is -2.72. The maximum atomic E-state index is 14.2. The van der Waals surface area contributed by atoms with Gasteiger partial charge in [-0.2, -0.15) is 13.2 Å². The zero-order valence-corrected chi connectivity index (χ0v) is 16.3. The highest BCUT2D eigenvalue weighted by atomic mass is 35.5. The first-order valence-electron chi connectivity index (χ1n) is 8.75. The summed E-state index contributed by atoms with van der Waals surface area (Å²) in [6.07, 6.45) is -4.72. The molecule has 3 rings (SSSR count). The number of anilines is 1. The van der Waals surface area contributed by atoms with E-state index in [4.69, 9.17) is 11.6 Å². The van der Waals surface area contributed by atoms with E-state index in [2.05, 4.69) is 4.98 Å². The first-order valence-corrected chi connectivity index (χ1v) is 9.13. The van der Waals surface area contributed by atoms with Crippen LogP contribution in [-0.4, -0.2) is 45.5 Å². The highest BCUT2D eigenvalue weighted by Crippen LogP contribution is 2.30. The van der Waals surface area contributed by atoms with Crippen LogP contribution in [0.25, 0.3) is 0 Å². The van der Waals surface area contributed by atoms with E-state index < -0.39 is 53.9 Å². The molecule has 1 aromatic heterocycles. The quantitative estimate of drug-likeness (QED) is 0.734. The number of carbonyl (C=O) groups excluding carboxylic acids is 2. The minimum atomic E-state index is -4.51. The van der Waals surface area contributed by atoms with Crippen LogP contribution >= 0.6 is 11.6 Å². The number of aliphatic hydroxyl groups excluding tert-OH is 1.